The Labute approximate surface area is 139 Å². The van der Waals surface area contributed by atoms with Gasteiger partial charge in [0, 0.05) is 26.8 Å². The van der Waals surface area contributed by atoms with Crippen molar-refractivity contribution in [2.24, 2.45) is 7.05 Å². The zero-order valence-electron chi connectivity index (χ0n) is 11.5. The molecule has 2 aromatic rings. The summed E-state index contributed by atoms with van der Waals surface area (Å²) in [4.78, 5) is 14.1. The van der Waals surface area contributed by atoms with Gasteiger partial charge < -0.3 is 4.90 Å². The molecule has 2 aromatic heterocycles. The second kappa shape index (κ2) is 6.25. The summed E-state index contributed by atoms with van der Waals surface area (Å²) in [5.74, 6) is -0.0626. The van der Waals surface area contributed by atoms with Crippen molar-refractivity contribution in [1.82, 2.24) is 24.5 Å². The number of amides is 1. The van der Waals surface area contributed by atoms with Gasteiger partial charge in [0.2, 0.25) is 0 Å². The number of carbonyl (C=O) groups excluding carboxylic acids is 1. The predicted molar refractivity (Wildman–Crippen MR) is 87.3 cm³/mol. The second-order valence-corrected chi connectivity index (χ2v) is 6.42. The number of carbonyl (C=O) groups is 1. The average molecular weight is 452 g/mol. The fraction of sp³-hybridized carbons (Fsp3) is 0.417. The molecule has 0 aliphatic heterocycles. The number of aryl methyl sites for hydroxylation is 2. The van der Waals surface area contributed by atoms with E-state index < -0.39 is 0 Å². The first kappa shape index (κ1) is 15.5. The molecule has 0 spiro atoms. The van der Waals surface area contributed by atoms with E-state index in [0.717, 1.165) is 20.3 Å². The van der Waals surface area contributed by atoms with Crippen molar-refractivity contribution in [3.05, 3.63) is 31.8 Å². The fourth-order valence-corrected chi connectivity index (χ4v) is 2.98. The molecule has 0 aliphatic carbocycles. The summed E-state index contributed by atoms with van der Waals surface area (Å²) in [6.45, 7) is 3.28. The molecule has 0 fully saturated rings. The van der Waals surface area contributed by atoms with Crippen LogP contribution in [-0.4, -0.2) is 37.4 Å². The summed E-state index contributed by atoms with van der Waals surface area (Å²) in [6.07, 6.45) is 3.60. The van der Waals surface area contributed by atoms with Crippen LogP contribution >= 0.6 is 38.5 Å². The van der Waals surface area contributed by atoms with Crippen molar-refractivity contribution in [1.29, 1.82) is 0 Å². The standard InChI is InChI=1S/C12H15BrIN5O/c1-4-19-6-8(13)10(16-19)7-17(2)12(20)11-9(14)5-15-18(11)3/h5-6H,4,7H2,1-3H3. The van der Waals surface area contributed by atoms with E-state index in [1.165, 1.54) is 0 Å². The molecule has 0 saturated carbocycles. The zero-order valence-corrected chi connectivity index (χ0v) is 15.2. The van der Waals surface area contributed by atoms with Gasteiger partial charge in [0.15, 0.2) is 0 Å². The summed E-state index contributed by atoms with van der Waals surface area (Å²) in [7, 11) is 3.54. The highest BCUT2D eigenvalue weighted by Crippen LogP contribution is 2.18. The van der Waals surface area contributed by atoms with E-state index in [1.807, 2.05) is 17.8 Å². The van der Waals surface area contributed by atoms with Crippen LogP contribution in [0.5, 0.6) is 0 Å². The first-order valence-electron chi connectivity index (χ1n) is 6.08. The number of aromatic nitrogens is 4. The van der Waals surface area contributed by atoms with Crippen LogP contribution in [-0.2, 0) is 20.1 Å². The van der Waals surface area contributed by atoms with E-state index in [0.29, 0.717) is 12.2 Å². The SMILES string of the molecule is CCn1cc(Br)c(CN(C)C(=O)c2c(I)cnn2C)n1. The Hall–Kier alpha value is -0.900. The lowest BCUT2D eigenvalue weighted by Crippen LogP contribution is -2.29. The van der Waals surface area contributed by atoms with Gasteiger partial charge in [-0.05, 0) is 45.4 Å². The van der Waals surface area contributed by atoms with Crippen LogP contribution in [0.4, 0.5) is 0 Å². The van der Waals surface area contributed by atoms with Gasteiger partial charge >= 0.3 is 0 Å². The molecule has 0 aliphatic rings. The van der Waals surface area contributed by atoms with Crippen LogP contribution in [0.1, 0.15) is 23.1 Å². The minimum Gasteiger partial charge on any atom is -0.334 e. The number of rotatable bonds is 4. The van der Waals surface area contributed by atoms with Gasteiger partial charge in [-0.15, -0.1) is 0 Å². The molecule has 0 saturated heterocycles. The predicted octanol–water partition coefficient (Wildman–Crippen LogP) is 2.28. The third-order valence-electron chi connectivity index (χ3n) is 2.94. The topological polar surface area (TPSA) is 56.0 Å². The molecule has 0 aromatic carbocycles. The highest BCUT2D eigenvalue weighted by atomic mass is 127. The normalized spacial score (nSPS) is 10.8. The van der Waals surface area contributed by atoms with Crippen LogP contribution in [0.2, 0.25) is 0 Å². The average Bonchev–Trinajstić information content (AvgIpc) is 2.92. The molecule has 8 heteroatoms. The van der Waals surface area contributed by atoms with Crippen molar-refractivity contribution in [2.45, 2.75) is 20.0 Å². The lowest BCUT2D eigenvalue weighted by Gasteiger charge is -2.16. The monoisotopic (exact) mass is 451 g/mol. The third-order valence-corrected chi connectivity index (χ3v) is 4.39. The lowest BCUT2D eigenvalue weighted by molar-refractivity contribution is 0.0771. The molecule has 0 atom stereocenters. The van der Waals surface area contributed by atoms with Crippen LogP contribution in [0.15, 0.2) is 16.9 Å². The van der Waals surface area contributed by atoms with E-state index >= 15 is 0 Å². The Morgan fingerprint density at radius 1 is 1.55 bits per heavy atom. The van der Waals surface area contributed by atoms with Crippen molar-refractivity contribution in [3.63, 3.8) is 0 Å². The molecule has 0 radical (unpaired) electrons. The highest BCUT2D eigenvalue weighted by molar-refractivity contribution is 14.1. The first-order valence-corrected chi connectivity index (χ1v) is 7.96. The highest BCUT2D eigenvalue weighted by Gasteiger charge is 2.20. The van der Waals surface area contributed by atoms with Crippen LogP contribution in [0.25, 0.3) is 0 Å². The summed E-state index contributed by atoms with van der Waals surface area (Å²) < 4.78 is 5.20. The van der Waals surface area contributed by atoms with E-state index in [4.69, 9.17) is 0 Å². The molecule has 20 heavy (non-hydrogen) atoms. The van der Waals surface area contributed by atoms with Gasteiger partial charge in [-0.25, -0.2) is 0 Å². The Morgan fingerprint density at radius 3 is 2.75 bits per heavy atom. The van der Waals surface area contributed by atoms with E-state index in [1.54, 1.807) is 29.9 Å². The van der Waals surface area contributed by atoms with Crippen molar-refractivity contribution < 1.29 is 4.79 Å². The molecule has 1 amide bonds. The first-order chi connectivity index (χ1) is 9.43. The molecule has 108 valence electrons. The number of hydrogen-bond acceptors (Lipinski definition) is 3. The Balaban J connectivity index is 2.17. The fourth-order valence-electron chi connectivity index (χ4n) is 1.83. The van der Waals surface area contributed by atoms with E-state index in [9.17, 15) is 4.79 Å². The van der Waals surface area contributed by atoms with Gasteiger partial charge in [0.1, 0.15) is 5.69 Å². The Kier molecular flexibility index (Phi) is 4.84. The molecule has 2 heterocycles. The number of halogens is 2. The van der Waals surface area contributed by atoms with Crippen LogP contribution in [0, 0.1) is 3.57 Å². The van der Waals surface area contributed by atoms with Crippen LogP contribution < -0.4 is 0 Å². The van der Waals surface area contributed by atoms with Crippen molar-refractivity contribution in [2.75, 3.05) is 7.05 Å². The molecule has 0 bridgehead atoms. The Morgan fingerprint density at radius 2 is 2.25 bits per heavy atom. The summed E-state index contributed by atoms with van der Waals surface area (Å²) in [5.41, 5.74) is 1.44. The van der Waals surface area contributed by atoms with Gasteiger partial charge in [0.25, 0.3) is 5.91 Å². The van der Waals surface area contributed by atoms with Gasteiger partial charge in [-0.1, -0.05) is 0 Å². The van der Waals surface area contributed by atoms with Gasteiger partial charge in [0.05, 0.1) is 26.5 Å². The van der Waals surface area contributed by atoms with Crippen molar-refractivity contribution >= 4 is 44.4 Å². The summed E-state index contributed by atoms with van der Waals surface area (Å²) >= 11 is 5.59. The van der Waals surface area contributed by atoms with E-state index in [-0.39, 0.29) is 5.91 Å². The largest absolute Gasteiger partial charge is 0.334 e. The zero-order chi connectivity index (χ0) is 14.9. The maximum atomic E-state index is 12.4. The van der Waals surface area contributed by atoms with E-state index in [2.05, 4.69) is 48.7 Å². The minimum absolute atomic E-state index is 0.0626. The minimum atomic E-state index is -0.0626. The molecular formula is C12H15BrIN5O. The quantitative estimate of drug-likeness (QED) is 0.670. The molecule has 0 unspecified atom stereocenters. The maximum absolute atomic E-state index is 12.4. The van der Waals surface area contributed by atoms with Crippen LogP contribution in [0.3, 0.4) is 0 Å². The molecule has 2 rings (SSSR count). The van der Waals surface area contributed by atoms with Crippen molar-refractivity contribution in [3.8, 4) is 0 Å². The molecule has 0 N–H and O–H groups in total. The number of nitrogens with zero attached hydrogens (tertiary/aromatic N) is 5. The number of hydrogen-bond donors (Lipinski definition) is 0. The molecular weight excluding hydrogens is 437 g/mol. The van der Waals surface area contributed by atoms with Gasteiger partial charge in [-0.2, -0.15) is 10.2 Å². The lowest BCUT2D eigenvalue weighted by atomic mass is 10.3. The molecule has 6 nitrogen and oxygen atoms in total. The maximum Gasteiger partial charge on any atom is 0.273 e. The summed E-state index contributed by atoms with van der Waals surface area (Å²) in [6, 6.07) is 0. The van der Waals surface area contributed by atoms with Gasteiger partial charge in [-0.3, -0.25) is 14.2 Å². The third kappa shape index (κ3) is 3.05. The smallest absolute Gasteiger partial charge is 0.273 e. The Bertz CT molecular complexity index is 616. The second-order valence-electron chi connectivity index (χ2n) is 4.41. The summed E-state index contributed by atoms with van der Waals surface area (Å²) in [5, 5.41) is 8.52.